The van der Waals surface area contributed by atoms with Crippen molar-refractivity contribution in [3.05, 3.63) is 40.5 Å². The first kappa shape index (κ1) is 16.8. The van der Waals surface area contributed by atoms with E-state index in [2.05, 4.69) is 4.90 Å². The zero-order chi connectivity index (χ0) is 17.4. The fourth-order valence-corrected chi connectivity index (χ4v) is 4.91. The maximum absolute atomic E-state index is 11.8. The molecule has 1 aromatic carbocycles. The third kappa shape index (κ3) is 3.51. The average molecular weight is 378 g/mol. The number of aryl methyl sites for hydroxylation is 1. The maximum Gasteiger partial charge on any atom is 0.161 e. The largest absolute Gasteiger partial charge is 0.354 e. The van der Waals surface area contributed by atoms with E-state index in [1.165, 1.54) is 5.56 Å². The van der Waals surface area contributed by atoms with Gasteiger partial charge >= 0.3 is 0 Å². The van der Waals surface area contributed by atoms with Crippen LogP contribution in [0, 0.1) is 0 Å². The minimum absolute atomic E-state index is 0.193. The van der Waals surface area contributed by atoms with Crippen molar-refractivity contribution >= 4 is 27.3 Å². The Morgan fingerprint density at radius 1 is 1.04 bits per heavy atom. The van der Waals surface area contributed by atoms with Crippen LogP contribution in [0.1, 0.15) is 24.1 Å². The number of fused-ring (bicyclic) bond motifs is 1. The molecule has 1 aliphatic heterocycles. The first-order valence-electron chi connectivity index (χ1n) is 8.63. The number of benzene rings is 1. The van der Waals surface area contributed by atoms with E-state index >= 15 is 0 Å². The van der Waals surface area contributed by atoms with Gasteiger partial charge in [0.05, 0.1) is 11.5 Å². The molecule has 2 aliphatic rings. The summed E-state index contributed by atoms with van der Waals surface area (Å²) in [6.07, 6.45) is 4.17. The molecule has 0 amide bonds. The molecule has 1 aromatic heterocycles. The summed E-state index contributed by atoms with van der Waals surface area (Å²) in [6, 6.07) is 7.56. The van der Waals surface area contributed by atoms with Gasteiger partial charge in [-0.25, -0.2) is 18.4 Å². The van der Waals surface area contributed by atoms with Crippen molar-refractivity contribution in [1.29, 1.82) is 0 Å². The summed E-state index contributed by atoms with van der Waals surface area (Å²) >= 11 is 6.13. The zero-order valence-corrected chi connectivity index (χ0v) is 15.5. The van der Waals surface area contributed by atoms with Crippen molar-refractivity contribution in [1.82, 2.24) is 9.97 Å². The van der Waals surface area contributed by atoms with Crippen LogP contribution in [0.2, 0.25) is 5.02 Å². The molecule has 1 saturated heterocycles. The highest BCUT2D eigenvalue weighted by Crippen LogP contribution is 2.31. The molecule has 0 saturated carbocycles. The lowest BCUT2D eigenvalue weighted by Crippen LogP contribution is -2.41. The van der Waals surface area contributed by atoms with E-state index in [1.54, 1.807) is 0 Å². The fourth-order valence-electron chi connectivity index (χ4n) is 3.52. The first-order chi connectivity index (χ1) is 12.0. The topological polar surface area (TPSA) is 63.2 Å². The van der Waals surface area contributed by atoms with Gasteiger partial charge in [0.25, 0.3) is 0 Å². The zero-order valence-electron chi connectivity index (χ0n) is 13.9. The predicted octanol–water partition coefficient (Wildman–Crippen LogP) is 2.91. The Balaban J connectivity index is 1.78. The summed E-state index contributed by atoms with van der Waals surface area (Å²) in [5, 5.41) is 0.657. The summed E-state index contributed by atoms with van der Waals surface area (Å²) in [5.41, 5.74) is 3.18. The molecule has 0 unspecified atom stereocenters. The Labute approximate surface area is 153 Å². The average Bonchev–Trinajstić information content (AvgIpc) is 2.61. The second-order valence-corrected chi connectivity index (χ2v) is 9.39. The van der Waals surface area contributed by atoms with Crippen LogP contribution in [0.5, 0.6) is 0 Å². The Kier molecular flexibility index (Phi) is 4.41. The van der Waals surface area contributed by atoms with Gasteiger partial charge in [-0.2, -0.15) is 0 Å². The lowest BCUT2D eigenvalue weighted by atomic mass is 9.95. The molecule has 0 radical (unpaired) electrons. The number of halogens is 1. The van der Waals surface area contributed by atoms with E-state index in [-0.39, 0.29) is 11.5 Å². The Hall–Kier alpha value is -1.66. The Bertz CT molecular complexity index is 901. The highest BCUT2D eigenvalue weighted by atomic mass is 35.5. The van der Waals surface area contributed by atoms with Gasteiger partial charge in [0.15, 0.2) is 15.7 Å². The fraction of sp³-hybridized carbons (Fsp3) is 0.444. The van der Waals surface area contributed by atoms with Crippen LogP contribution >= 0.6 is 11.6 Å². The molecule has 0 spiro atoms. The normalized spacial score (nSPS) is 19.5. The lowest BCUT2D eigenvalue weighted by Gasteiger charge is -2.31. The maximum atomic E-state index is 11.8. The molecule has 1 aliphatic carbocycles. The van der Waals surface area contributed by atoms with Crippen molar-refractivity contribution in [2.75, 3.05) is 29.5 Å². The third-order valence-electron chi connectivity index (χ3n) is 4.89. The van der Waals surface area contributed by atoms with Gasteiger partial charge in [-0.1, -0.05) is 23.7 Å². The van der Waals surface area contributed by atoms with Crippen molar-refractivity contribution in [2.24, 2.45) is 0 Å². The van der Waals surface area contributed by atoms with Crippen molar-refractivity contribution < 1.29 is 8.42 Å². The van der Waals surface area contributed by atoms with E-state index in [1.807, 2.05) is 24.3 Å². The Morgan fingerprint density at radius 3 is 2.56 bits per heavy atom. The standard InChI is InChI=1S/C18H20ClN3O2S/c19-14-5-3-4-13(12-14)17-20-16-7-2-1-6-15(16)18(21-17)22-8-10-25(23,24)11-9-22/h3-5,12H,1-2,6-11H2. The lowest BCUT2D eigenvalue weighted by molar-refractivity contribution is 0.585. The third-order valence-corrected chi connectivity index (χ3v) is 6.73. The number of hydrogen-bond donors (Lipinski definition) is 0. The second-order valence-electron chi connectivity index (χ2n) is 6.65. The summed E-state index contributed by atoms with van der Waals surface area (Å²) < 4.78 is 23.5. The number of sulfone groups is 1. The van der Waals surface area contributed by atoms with Crippen molar-refractivity contribution in [3.63, 3.8) is 0 Å². The second kappa shape index (κ2) is 6.57. The molecule has 132 valence electrons. The van der Waals surface area contributed by atoms with Gasteiger partial charge in [-0.15, -0.1) is 0 Å². The summed E-state index contributed by atoms with van der Waals surface area (Å²) in [7, 11) is -2.92. The molecule has 25 heavy (non-hydrogen) atoms. The van der Waals surface area contributed by atoms with E-state index in [4.69, 9.17) is 21.6 Å². The summed E-state index contributed by atoms with van der Waals surface area (Å²) in [4.78, 5) is 11.7. The van der Waals surface area contributed by atoms with E-state index in [9.17, 15) is 8.42 Å². The number of anilines is 1. The van der Waals surface area contributed by atoms with Gasteiger partial charge < -0.3 is 4.90 Å². The van der Waals surface area contributed by atoms with E-state index in [0.717, 1.165) is 42.8 Å². The van der Waals surface area contributed by atoms with E-state index < -0.39 is 9.84 Å². The molecule has 2 aromatic rings. The highest BCUT2D eigenvalue weighted by Gasteiger charge is 2.27. The van der Waals surface area contributed by atoms with Crippen LogP contribution in [0.15, 0.2) is 24.3 Å². The SMILES string of the molecule is O=S1(=O)CCN(c2nc(-c3cccc(Cl)c3)nc3c2CCCC3)CC1. The van der Waals surface area contributed by atoms with Crippen molar-refractivity contribution in [3.8, 4) is 11.4 Å². The monoisotopic (exact) mass is 377 g/mol. The van der Waals surface area contributed by atoms with Gasteiger partial charge in [-0.05, 0) is 37.8 Å². The van der Waals surface area contributed by atoms with Gasteiger partial charge in [0.2, 0.25) is 0 Å². The van der Waals surface area contributed by atoms with Crippen LogP contribution in [0.4, 0.5) is 5.82 Å². The van der Waals surface area contributed by atoms with Crippen LogP contribution < -0.4 is 4.90 Å². The predicted molar refractivity (Wildman–Crippen MR) is 100.0 cm³/mol. The Morgan fingerprint density at radius 2 is 1.80 bits per heavy atom. The number of hydrogen-bond acceptors (Lipinski definition) is 5. The molecule has 0 atom stereocenters. The summed E-state index contributed by atoms with van der Waals surface area (Å²) in [5.74, 6) is 1.97. The van der Waals surface area contributed by atoms with Gasteiger partial charge in [-0.3, -0.25) is 0 Å². The van der Waals surface area contributed by atoms with Crippen LogP contribution in [-0.2, 0) is 22.7 Å². The smallest absolute Gasteiger partial charge is 0.161 e. The van der Waals surface area contributed by atoms with Crippen molar-refractivity contribution in [2.45, 2.75) is 25.7 Å². The quantitative estimate of drug-likeness (QED) is 0.805. The molecule has 7 heteroatoms. The number of rotatable bonds is 2. The molecule has 0 N–H and O–H groups in total. The molecule has 5 nitrogen and oxygen atoms in total. The first-order valence-corrected chi connectivity index (χ1v) is 10.8. The van der Waals surface area contributed by atoms with Crippen LogP contribution in [0.25, 0.3) is 11.4 Å². The van der Waals surface area contributed by atoms with E-state index in [0.29, 0.717) is 23.9 Å². The minimum atomic E-state index is -2.92. The number of nitrogens with zero attached hydrogens (tertiary/aromatic N) is 3. The van der Waals surface area contributed by atoms with Gasteiger partial charge in [0, 0.05) is 34.9 Å². The molecule has 0 bridgehead atoms. The van der Waals surface area contributed by atoms with Gasteiger partial charge in [0.1, 0.15) is 5.82 Å². The summed E-state index contributed by atoms with van der Waals surface area (Å²) in [6.45, 7) is 1.00. The van der Waals surface area contributed by atoms with Crippen LogP contribution in [-0.4, -0.2) is 43.0 Å². The van der Waals surface area contributed by atoms with Crippen LogP contribution in [0.3, 0.4) is 0 Å². The number of aromatic nitrogens is 2. The molecular formula is C18H20ClN3O2S. The molecule has 4 rings (SSSR count). The molecule has 2 heterocycles. The molecule has 1 fully saturated rings. The highest BCUT2D eigenvalue weighted by molar-refractivity contribution is 7.91. The molecular weight excluding hydrogens is 358 g/mol. The minimum Gasteiger partial charge on any atom is -0.354 e.